The molecule has 0 aliphatic heterocycles. The third kappa shape index (κ3) is 7.73. The lowest BCUT2D eigenvalue weighted by molar-refractivity contribution is -0.142. The van der Waals surface area contributed by atoms with Gasteiger partial charge in [-0.25, -0.2) is 4.79 Å². The van der Waals surface area contributed by atoms with Crippen molar-refractivity contribution in [2.75, 3.05) is 60.0 Å². The van der Waals surface area contributed by atoms with E-state index in [4.69, 9.17) is 28.8 Å². The molecule has 2 N–H and O–H groups in total. The van der Waals surface area contributed by atoms with Crippen LogP contribution < -0.4 is 0 Å². The van der Waals surface area contributed by atoms with Crippen LogP contribution >= 0.6 is 0 Å². The molecule has 39 heavy (non-hydrogen) atoms. The average Bonchev–Trinajstić information content (AvgIpc) is 3.26. The fourth-order valence-corrected chi connectivity index (χ4v) is 7.83. The number of methoxy groups -OCH3 is 1. The molecule has 4 rings (SSSR count). The minimum atomic E-state index is -0.977. The summed E-state index contributed by atoms with van der Waals surface area (Å²) in [6.07, 6.45) is 9.75. The number of unbranched alkanes of at least 4 members (excludes halogenated alkanes) is 1. The molecule has 0 heterocycles. The molecule has 8 nitrogen and oxygen atoms in total. The van der Waals surface area contributed by atoms with E-state index in [1.54, 1.807) is 0 Å². The van der Waals surface area contributed by atoms with E-state index in [0.29, 0.717) is 68.6 Å². The van der Waals surface area contributed by atoms with Crippen molar-refractivity contribution < 1.29 is 38.7 Å². The highest BCUT2D eigenvalue weighted by atomic mass is 16.6. The van der Waals surface area contributed by atoms with E-state index in [1.807, 2.05) is 19.2 Å². The molecule has 8 heteroatoms. The fourth-order valence-electron chi connectivity index (χ4n) is 7.83. The van der Waals surface area contributed by atoms with Gasteiger partial charge in [-0.2, -0.15) is 0 Å². The van der Waals surface area contributed by atoms with E-state index >= 15 is 0 Å². The smallest absolute Gasteiger partial charge is 0.329 e. The maximum absolute atomic E-state index is 10.3. The Kier molecular flexibility index (Phi) is 11.5. The summed E-state index contributed by atoms with van der Waals surface area (Å²) in [4.78, 5) is 10.3. The van der Waals surface area contributed by atoms with Gasteiger partial charge in [-0.1, -0.05) is 19.4 Å². The molecule has 6 atom stereocenters. The molecule has 1 aromatic rings. The van der Waals surface area contributed by atoms with E-state index < -0.39 is 5.97 Å². The molecule has 0 saturated heterocycles. The number of aromatic hydroxyl groups is 1. The molecule has 3 aliphatic carbocycles. The monoisotopic (exact) mass is 548 g/mol. The Balaban J connectivity index is 1.16. The molecule has 0 amide bonds. The SMILES string of the molecule is COC1CCC2C3C(CCCCOCCOCCOCCOCC(=O)O)Cc4cc(O)ccc4C3CCC12C. The summed E-state index contributed by atoms with van der Waals surface area (Å²) in [7, 11) is 1.89. The molecule has 3 aliphatic rings. The quantitative estimate of drug-likeness (QED) is 0.267. The Morgan fingerprint density at radius 3 is 2.33 bits per heavy atom. The van der Waals surface area contributed by atoms with Gasteiger partial charge in [0.25, 0.3) is 0 Å². The van der Waals surface area contributed by atoms with Crippen molar-refractivity contribution in [1.29, 1.82) is 0 Å². The first-order chi connectivity index (χ1) is 18.9. The number of aliphatic carboxylic acids is 1. The largest absolute Gasteiger partial charge is 0.508 e. The number of hydrogen-bond donors (Lipinski definition) is 2. The number of phenols is 1. The van der Waals surface area contributed by atoms with Gasteiger partial charge >= 0.3 is 5.97 Å². The van der Waals surface area contributed by atoms with Gasteiger partial charge in [-0.3, -0.25) is 0 Å². The zero-order valence-electron chi connectivity index (χ0n) is 23.8. The van der Waals surface area contributed by atoms with E-state index in [9.17, 15) is 9.90 Å². The van der Waals surface area contributed by atoms with Crippen LogP contribution in [-0.4, -0.2) is 82.3 Å². The molecule has 0 bridgehead atoms. The van der Waals surface area contributed by atoms with Crippen LogP contribution in [0, 0.1) is 23.2 Å². The summed E-state index contributed by atoms with van der Waals surface area (Å²) >= 11 is 0. The third-order valence-corrected chi connectivity index (χ3v) is 9.54. The number of ether oxygens (including phenoxy) is 5. The van der Waals surface area contributed by atoms with E-state index in [-0.39, 0.29) is 18.6 Å². The summed E-state index contributed by atoms with van der Waals surface area (Å²) in [6, 6.07) is 6.09. The molecular formula is C31H48O8. The van der Waals surface area contributed by atoms with Gasteiger partial charge < -0.3 is 33.9 Å². The molecule has 220 valence electrons. The number of carboxylic acids is 1. The van der Waals surface area contributed by atoms with Crippen molar-refractivity contribution in [2.45, 2.75) is 70.3 Å². The zero-order chi connectivity index (χ0) is 27.7. The Morgan fingerprint density at radius 2 is 1.64 bits per heavy atom. The van der Waals surface area contributed by atoms with Crippen molar-refractivity contribution in [3.8, 4) is 5.75 Å². The van der Waals surface area contributed by atoms with Gasteiger partial charge in [0.05, 0.1) is 45.7 Å². The van der Waals surface area contributed by atoms with Gasteiger partial charge in [0.2, 0.25) is 0 Å². The number of fused-ring (bicyclic) bond motifs is 5. The zero-order valence-corrected chi connectivity index (χ0v) is 23.8. The standard InChI is InChI=1S/C31H48O8/c1-31-11-10-26-25-7-6-24(32)20-23(25)19-22(30(26)27(31)8-9-28(31)35-2)5-3-4-12-36-13-14-37-15-16-38-17-18-39-21-29(33)34/h6-7,20,22,26-28,30,32H,3-5,8-19,21H2,1-2H3,(H,33,34). The predicted octanol–water partition coefficient (Wildman–Crippen LogP) is 4.81. The topological polar surface area (TPSA) is 104 Å². The first-order valence-corrected chi connectivity index (χ1v) is 14.8. The van der Waals surface area contributed by atoms with E-state index in [0.717, 1.165) is 25.9 Å². The molecule has 6 unspecified atom stereocenters. The number of rotatable bonds is 17. The molecule has 1 aromatic carbocycles. The summed E-state index contributed by atoms with van der Waals surface area (Å²) < 4.78 is 27.6. The third-order valence-electron chi connectivity index (χ3n) is 9.54. The van der Waals surface area contributed by atoms with Gasteiger partial charge in [0.15, 0.2) is 0 Å². The Hall–Kier alpha value is -1.71. The van der Waals surface area contributed by atoms with E-state index in [1.165, 1.54) is 43.2 Å². The van der Waals surface area contributed by atoms with Crippen LogP contribution in [-0.2, 0) is 34.9 Å². The summed E-state index contributed by atoms with van der Waals surface area (Å²) in [5, 5.41) is 18.7. The predicted molar refractivity (Wildman–Crippen MR) is 147 cm³/mol. The van der Waals surface area contributed by atoms with Crippen molar-refractivity contribution in [3.63, 3.8) is 0 Å². The number of carbonyl (C=O) groups is 1. The van der Waals surface area contributed by atoms with Crippen LogP contribution in [0.1, 0.15) is 68.9 Å². The Bertz CT molecular complexity index is 907. The van der Waals surface area contributed by atoms with Crippen molar-refractivity contribution >= 4 is 5.97 Å². The second-order valence-electron chi connectivity index (χ2n) is 11.8. The first-order valence-electron chi connectivity index (χ1n) is 14.8. The average molecular weight is 549 g/mol. The minimum absolute atomic E-state index is 0.264. The maximum atomic E-state index is 10.3. The number of phenolic OH excluding ortho intramolecular Hbond substituents is 1. The summed E-state index contributed by atoms with van der Waals surface area (Å²) in [5.41, 5.74) is 3.12. The Labute approximate surface area is 233 Å². The molecular weight excluding hydrogens is 500 g/mol. The number of carboxylic acid groups (broad SMARTS) is 1. The fraction of sp³-hybridized carbons (Fsp3) is 0.774. The van der Waals surface area contributed by atoms with Crippen LogP contribution in [0.25, 0.3) is 0 Å². The maximum Gasteiger partial charge on any atom is 0.329 e. The van der Waals surface area contributed by atoms with Crippen LogP contribution in [0.2, 0.25) is 0 Å². The highest BCUT2D eigenvalue weighted by molar-refractivity contribution is 5.67. The van der Waals surface area contributed by atoms with Gasteiger partial charge in [0.1, 0.15) is 12.4 Å². The van der Waals surface area contributed by atoms with Crippen molar-refractivity contribution in [3.05, 3.63) is 29.3 Å². The van der Waals surface area contributed by atoms with Crippen LogP contribution in [0.4, 0.5) is 0 Å². The van der Waals surface area contributed by atoms with Crippen LogP contribution in [0.5, 0.6) is 5.75 Å². The lowest BCUT2D eigenvalue weighted by Gasteiger charge is -2.53. The molecule has 2 fully saturated rings. The van der Waals surface area contributed by atoms with Gasteiger partial charge in [-0.15, -0.1) is 0 Å². The second kappa shape index (κ2) is 14.8. The summed E-state index contributed by atoms with van der Waals surface area (Å²) in [6.45, 7) is 5.58. The Morgan fingerprint density at radius 1 is 0.949 bits per heavy atom. The number of benzene rings is 1. The first kappa shape index (κ1) is 30.3. The molecule has 0 aromatic heterocycles. The number of hydrogen-bond acceptors (Lipinski definition) is 7. The van der Waals surface area contributed by atoms with Gasteiger partial charge in [-0.05, 0) is 97.3 Å². The molecule has 0 radical (unpaired) electrons. The highest BCUT2D eigenvalue weighted by Crippen LogP contribution is 2.63. The van der Waals surface area contributed by atoms with Crippen LogP contribution in [0.15, 0.2) is 18.2 Å². The second-order valence-corrected chi connectivity index (χ2v) is 11.8. The normalized spacial score (nSPS) is 29.5. The van der Waals surface area contributed by atoms with E-state index in [2.05, 4.69) is 13.0 Å². The van der Waals surface area contributed by atoms with Crippen LogP contribution in [0.3, 0.4) is 0 Å². The van der Waals surface area contributed by atoms with Crippen molar-refractivity contribution in [2.24, 2.45) is 23.2 Å². The lowest BCUT2D eigenvalue weighted by Crippen LogP contribution is -2.47. The summed E-state index contributed by atoms with van der Waals surface area (Å²) in [5.74, 6) is 2.06. The lowest BCUT2D eigenvalue weighted by atomic mass is 9.52. The molecule has 2 saturated carbocycles. The highest BCUT2D eigenvalue weighted by Gasteiger charge is 2.57. The van der Waals surface area contributed by atoms with Gasteiger partial charge in [0, 0.05) is 13.7 Å². The minimum Gasteiger partial charge on any atom is -0.508 e. The van der Waals surface area contributed by atoms with Crippen molar-refractivity contribution in [1.82, 2.24) is 0 Å². The molecule has 0 spiro atoms.